The van der Waals surface area contributed by atoms with E-state index in [9.17, 15) is 15.0 Å². The van der Waals surface area contributed by atoms with Gasteiger partial charge in [-0.1, -0.05) is 28.9 Å². The van der Waals surface area contributed by atoms with Gasteiger partial charge in [0.1, 0.15) is 0 Å². The quantitative estimate of drug-likeness (QED) is 0.548. The summed E-state index contributed by atoms with van der Waals surface area (Å²) < 4.78 is 0. The second-order valence-electron chi connectivity index (χ2n) is 7.53. The molecule has 130 valence electrons. The number of rotatable bonds is 7. The van der Waals surface area contributed by atoms with Gasteiger partial charge in [-0.2, -0.15) is 0 Å². The van der Waals surface area contributed by atoms with Crippen molar-refractivity contribution >= 4 is 5.78 Å². The van der Waals surface area contributed by atoms with E-state index in [0.29, 0.717) is 6.42 Å². The van der Waals surface area contributed by atoms with Crippen molar-refractivity contribution in [2.75, 3.05) is 0 Å². The molecule has 0 aromatic heterocycles. The van der Waals surface area contributed by atoms with E-state index in [-0.39, 0.29) is 18.1 Å². The van der Waals surface area contributed by atoms with Crippen molar-refractivity contribution in [2.45, 2.75) is 78.4 Å². The Bertz CT molecular complexity index is 505. The molecule has 1 aliphatic rings. The number of allylic oxidation sites excluding steroid dienone is 4. The molecule has 0 aromatic rings. The van der Waals surface area contributed by atoms with Crippen LogP contribution in [0.3, 0.4) is 0 Å². The molecule has 0 aliphatic heterocycles. The summed E-state index contributed by atoms with van der Waals surface area (Å²) in [6, 6.07) is 0. The largest absolute Gasteiger partial charge is 0.389 e. The third kappa shape index (κ3) is 7.28. The van der Waals surface area contributed by atoms with Crippen molar-refractivity contribution in [1.29, 1.82) is 0 Å². The molecule has 0 saturated heterocycles. The van der Waals surface area contributed by atoms with Crippen LogP contribution in [0, 0.1) is 5.92 Å². The molecular weight excluding hydrogens is 288 g/mol. The summed E-state index contributed by atoms with van der Waals surface area (Å²) in [5.74, 6) is 0.0725. The van der Waals surface area contributed by atoms with Gasteiger partial charge >= 0.3 is 0 Å². The summed E-state index contributed by atoms with van der Waals surface area (Å²) in [5, 5.41) is 20.6. The molecule has 2 N–H and O–H groups in total. The van der Waals surface area contributed by atoms with Gasteiger partial charge in [0.05, 0.1) is 11.7 Å². The lowest BCUT2D eigenvalue weighted by Gasteiger charge is -2.34. The van der Waals surface area contributed by atoms with E-state index >= 15 is 0 Å². The minimum atomic E-state index is -0.969. The Balaban J connectivity index is 2.60. The van der Waals surface area contributed by atoms with Crippen molar-refractivity contribution in [3.05, 3.63) is 34.9 Å². The highest BCUT2D eigenvalue weighted by Crippen LogP contribution is 2.34. The fourth-order valence-electron chi connectivity index (χ4n) is 3.19. The molecule has 0 bridgehead atoms. The van der Waals surface area contributed by atoms with E-state index in [0.717, 1.165) is 30.4 Å². The van der Waals surface area contributed by atoms with E-state index in [1.807, 2.05) is 20.8 Å². The van der Waals surface area contributed by atoms with E-state index in [1.54, 1.807) is 19.1 Å². The first-order chi connectivity index (χ1) is 10.6. The van der Waals surface area contributed by atoms with E-state index in [2.05, 4.69) is 13.0 Å². The lowest BCUT2D eigenvalue weighted by atomic mass is 9.76. The van der Waals surface area contributed by atoms with Crippen LogP contribution in [-0.4, -0.2) is 27.7 Å². The van der Waals surface area contributed by atoms with Crippen LogP contribution in [0.5, 0.6) is 0 Å². The van der Waals surface area contributed by atoms with Gasteiger partial charge in [-0.25, -0.2) is 0 Å². The van der Waals surface area contributed by atoms with Crippen molar-refractivity contribution in [3.8, 4) is 0 Å². The molecule has 0 spiro atoms. The van der Waals surface area contributed by atoms with Gasteiger partial charge < -0.3 is 10.2 Å². The van der Waals surface area contributed by atoms with E-state index < -0.39 is 11.7 Å². The van der Waals surface area contributed by atoms with Gasteiger partial charge in [0, 0.05) is 6.42 Å². The molecule has 0 unspecified atom stereocenters. The third-order valence-corrected chi connectivity index (χ3v) is 4.51. The number of aliphatic hydroxyl groups excluding tert-OH is 1. The summed E-state index contributed by atoms with van der Waals surface area (Å²) in [7, 11) is 0. The second kappa shape index (κ2) is 8.60. The van der Waals surface area contributed by atoms with Crippen molar-refractivity contribution in [1.82, 2.24) is 0 Å². The Kier molecular flexibility index (Phi) is 7.43. The van der Waals surface area contributed by atoms with Crippen LogP contribution in [0.25, 0.3) is 0 Å². The van der Waals surface area contributed by atoms with Gasteiger partial charge in [0.25, 0.3) is 0 Å². The first-order valence-corrected chi connectivity index (χ1v) is 8.51. The molecule has 0 amide bonds. The first-order valence-electron chi connectivity index (χ1n) is 8.51. The summed E-state index contributed by atoms with van der Waals surface area (Å²) >= 11 is 0. The lowest BCUT2D eigenvalue weighted by molar-refractivity contribution is -0.121. The van der Waals surface area contributed by atoms with E-state index in [4.69, 9.17) is 0 Å². The molecule has 0 aromatic carbocycles. The van der Waals surface area contributed by atoms with Crippen molar-refractivity contribution in [3.63, 3.8) is 0 Å². The zero-order valence-electron chi connectivity index (χ0n) is 15.2. The van der Waals surface area contributed by atoms with Gasteiger partial charge in [-0.05, 0) is 72.3 Å². The summed E-state index contributed by atoms with van der Waals surface area (Å²) in [4.78, 5) is 12.2. The van der Waals surface area contributed by atoms with Crippen LogP contribution in [0.2, 0.25) is 0 Å². The maximum Gasteiger partial charge on any atom is 0.158 e. The predicted molar refractivity (Wildman–Crippen MR) is 95.2 cm³/mol. The molecule has 23 heavy (non-hydrogen) atoms. The fraction of sp³-hybridized carbons (Fsp3) is 0.650. The van der Waals surface area contributed by atoms with Crippen molar-refractivity contribution in [2.24, 2.45) is 5.92 Å². The number of carbonyl (C=O) groups is 1. The fourth-order valence-corrected chi connectivity index (χ4v) is 3.19. The molecule has 3 atom stereocenters. The number of carbonyl (C=O) groups excluding carboxylic acids is 1. The van der Waals surface area contributed by atoms with Crippen LogP contribution in [0.4, 0.5) is 0 Å². The standard InChI is InChI=1S/C20H32O3/c1-14(2)10-18(21)11-16(4)12-19(22)13-20(5,23)17-8-6-15(3)7-9-17/h6,10,12,17-18,21,23H,7-9,11,13H2,1-5H3/b16-12+/t17-,18+,20+/m1/s1. The van der Waals surface area contributed by atoms with Crippen LogP contribution in [-0.2, 0) is 4.79 Å². The lowest BCUT2D eigenvalue weighted by Crippen LogP contribution is -2.37. The van der Waals surface area contributed by atoms with Gasteiger partial charge in [0.2, 0.25) is 0 Å². The topological polar surface area (TPSA) is 57.5 Å². The minimum absolute atomic E-state index is 0.0665. The Labute approximate surface area is 140 Å². The molecule has 1 rings (SSSR count). The number of hydrogen-bond donors (Lipinski definition) is 2. The highest BCUT2D eigenvalue weighted by atomic mass is 16.3. The maximum absolute atomic E-state index is 12.2. The van der Waals surface area contributed by atoms with Crippen LogP contribution in [0.1, 0.15) is 66.7 Å². The second-order valence-corrected chi connectivity index (χ2v) is 7.53. The van der Waals surface area contributed by atoms with Crippen LogP contribution < -0.4 is 0 Å². The molecular formula is C20H32O3. The zero-order chi connectivity index (χ0) is 17.6. The maximum atomic E-state index is 12.2. The molecule has 1 aliphatic carbocycles. The Morgan fingerprint density at radius 3 is 2.61 bits per heavy atom. The monoisotopic (exact) mass is 320 g/mol. The summed E-state index contributed by atoms with van der Waals surface area (Å²) in [6.45, 7) is 9.60. The smallest absolute Gasteiger partial charge is 0.158 e. The molecule has 3 nitrogen and oxygen atoms in total. The Morgan fingerprint density at radius 1 is 1.43 bits per heavy atom. The van der Waals surface area contributed by atoms with Gasteiger partial charge in [-0.3, -0.25) is 4.79 Å². The normalized spacial score (nSPS) is 22.8. The number of aliphatic hydroxyl groups is 2. The highest BCUT2D eigenvalue weighted by Gasteiger charge is 2.33. The third-order valence-electron chi connectivity index (χ3n) is 4.51. The van der Waals surface area contributed by atoms with Crippen molar-refractivity contribution < 1.29 is 15.0 Å². The first kappa shape index (κ1) is 19.9. The molecule has 0 fully saturated rings. The molecule has 0 heterocycles. The van der Waals surface area contributed by atoms with Crippen LogP contribution >= 0.6 is 0 Å². The SMILES string of the molecule is CC(C)=C[C@H](O)C/C(C)=C/C(=O)C[C@](C)(O)[C@@H]1CC=C(C)CC1. The Morgan fingerprint density at radius 2 is 2.09 bits per heavy atom. The number of ketones is 1. The minimum Gasteiger partial charge on any atom is -0.389 e. The zero-order valence-corrected chi connectivity index (χ0v) is 15.2. The highest BCUT2D eigenvalue weighted by molar-refractivity contribution is 5.91. The summed E-state index contributed by atoms with van der Waals surface area (Å²) in [6.07, 6.45) is 8.33. The summed E-state index contributed by atoms with van der Waals surface area (Å²) in [5.41, 5.74) is 2.30. The van der Waals surface area contributed by atoms with Crippen LogP contribution in [0.15, 0.2) is 34.9 Å². The molecule has 0 radical (unpaired) electrons. The number of hydrogen-bond acceptors (Lipinski definition) is 3. The average molecular weight is 320 g/mol. The Hall–Kier alpha value is -1.19. The predicted octanol–water partition coefficient (Wildman–Crippen LogP) is 4.11. The van der Waals surface area contributed by atoms with Gasteiger partial charge in [0.15, 0.2) is 5.78 Å². The average Bonchev–Trinajstić information content (AvgIpc) is 2.36. The van der Waals surface area contributed by atoms with Gasteiger partial charge in [-0.15, -0.1) is 0 Å². The molecule has 3 heteroatoms. The molecule has 0 saturated carbocycles. The van der Waals surface area contributed by atoms with E-state index in [1.165, 1.54) is 5.57 Å².